The summed E-state index contributed by atoms with van der Waals surface area (Å²) in [5.74, 6) is 1.56. The van der Waals surface area contributed by atoms with Gasteiger partial charge in [0.2, 0.25) is 5.91 Å². The minimum Gasteiger partial charge on any atom is -0.353 e. The second-order valence-electron chi connectivity index (χ2n) is 4.20. The summed E-state index contributed by atoms with van der Waals surface area (Å²) >= 11 is 0. The molecule has 3 heteroatoms. The number of nitrogens with zero attached hydrogens (tertiary/aromatic N) is 1. The zero-order valence-corrected chi connectivity index (χ0v) is 7.71. The average Bonchev–Trinajstić information content (AvgIpc) is 2.00. The van der Waals surface area contributed by atoms with E-state index in [0.717, 1.165) is 24.9 Å². The molecule has 2 heterocycles. The van der Waals surface area contributed by atoms with E-state index >= 15 is 0 Å². The van der Waals surface area contributed by atoms with Crippen molar-refractivity contribution in [2.24, 2.45) is 11.8 Å². The third kappa shape index (κ3) is 1.22. The van der Waals surface area contributed by atoms with Gasteiger partial charge in [-0.25, -0.2) is 0 Å². The first-order chi connectivity index (χ1) is 5.66. The zero-order chi connectivity index (χ0) is 8.72. The Morgan fingerprint density at radius 1 is 1.42 bits per heavy atom. The molecule has 2 bridgehead atoms. The van der Waals surface area contributed by atoms with Crippen molar-refractivity contribution in [1.82, 2.24) is 10.2 Å². The van der Waals surface area contributed by atoms with Crippen LogP contribution in [0.4, 0.5) is 0 Å². The van der Waals surface area contributed by atoms with Gasteiger partial charge in [0.25, 0.3) is 0 Å². The van der Waals surface area contributed by atoms with Gasteiger partial charge in [-0.3, -0.25) is 4.79 Å². The highest BCUT2D eigenvalue weighted by Crippen LogP contribution is 2.39. The lowest BCUT2D eigenvalue weighted by atomic mass is 9.66. The summed E-state index contributed by atoms with van der Waals surface area (Å²) in [6.45, 7) is 3.92. The standard InChI is InChI=1S/C9H16N2O/c1-6(12)10-9-7-3-8(9)5-11(2)4-7/h7-9H,3-5H2,1-2H3,(H,10,12)/t7-,8+,9+. The van der Waals surface area contributed by atoms with E-state index < -0.39 is 0 Å². The van der Waals surface area contributed by atoms with Crippen LogP contribution in [0.1, 0.15) is 13.3 Å². The van der Waals surface area contributed by atoms with Crippen molar-refractivity contribution >= 4 is 5.91 Å². The summed E-state index contributed by atoms with van der Waals surface area (Å²) < 4.78 is 0. The van der Waals surface area contributed by atoms with Crippen molar-refractivity contribution < 1.29 is 4.79 Å². The van der Waals surface area contributed by atoms with Gasteiger partial charge in [0, 0.05) is 26.1 Å². The summed E-state index contributed by atoms with van der Waals surface area (Å²) in [6.07, 6.45) is 1.31. The highest BCUT2D eigenvalue weighted by molar-refractivity contribution is 5.73. The molecule has 3 atom stereocenters. The van der Waals surface area contributed by atoms with E-state index in [1.54, 1.807) is 6.92 Å². The molecule has 0 radical (unpaired) electrons. The maximum Gasteiger partial charge on any atom is 0.217 e. The number of fused-ring (bicyclic) bond motifs is 2. The number of amides is 1. The highest BCUT2D eigenvalue weighted by Gasteiger charge is 2.45. The first kappa shape index (κ1) is 8.05. The van der Waals surface area contributed by atoms with E-state index in [1.165, 1.54) is 6.42 Å². The van der Waals surface area contributed by atoms with Crippen LogP contribution in [0.25, 0.3) is 0 Å². The van der Waals surface area contributed by atoms with E-state index in [4.69, 9.17) is 0 Å². The Kier molecular flexibility index (Phi) is 1.83. The van der Waals surface area contributed by atoms with Crippen molar-refractivity contribution in [3.63, 3.8) is 0 Å². The minimum absolute atomic E-state index is 0.124. The molecule has 3 nitrogen and oxygen atoms in total. The fraction of sp³-hybridized carbons (Fsp3) is 0.889. The van der Waals surface area contributed by atoms with Crippen molar-refractivity contribution in [2.45, 2.75) is 19.4 Å². The molecular weight excluding hydrogens is 152 g/mol. The lowest BCUT2D eigenvalue weighted by molar-refractivity contribution is -0.123. The molecule has 1 aliphatic carbocycles. The van der Waals surface area contributed by atoms with Gasteiger partial charge < -0.3 is 10.2 Å². The smallest absolute Gasteiger partial charge is 0.217 e. The Morgan fingerprint density at radius 3 is 2.50 bits per heavy atom. The predicted molar refractivity (Wildman–Crippen MR) is 46.7 cm³/mol. The van der Waals surface area contributed by atoms with Gasteiger partial charge in [0.05, 0.1) is 0 Å². The third-order valence-corrected chi connectivity index (χ3v) is 3.08. The maximum absolute atomic E-state index is 10.8. The SMILES string of the molecule is CC(=O)N[C@H]1[C@@H]2C[C@H]1CN(C)C2. The Hall–Kier alpha value is -0.570. The molecule has 1 amide bonds. The van der Waals surface area contributed by atoms with E-state index in [1.807, 2.05) is 0 Å². The number of rotatable bonds is 1. The molecule has 0 aromatic carbocycles. The fourth-order valence-corrected chi connectivity index (χ4v) is 2.59. The zero-order valence-electron chi connectivity index (χ0n) is 7.71. The van der Waals surface area contributed by atoms with Crippen molar-refractivity contribution in [3.8, 4) is 0 Å². The van der Waals surface area contributed by atoms with Gasteiger partial charge in [-0.05, 0) is 25.3 Å². The van der Waals surface area contributed by atoms with Gasteiger partial charge >= 0.3 is 0 Å². The van der Waals surface area contributed by atoms with Gasteiger partial charge in [0.15, 0.2) is 0 Å². The Labute approximate surface area is 73.1 Å². The van der Waals surface area contributed by atoms with Crippen LogP contribution in [-0.2, 0) is 4.79 Å². The summed E-state index contributed by atoms with van der Waals surface area (Å²) in [5.41, 5.74) is 0. The van der Waals surface area contributed by atoms with Crippen LogP contribution in [0.2, 0.25) is 0 Å². The molecule has 3 rings (SSSR count). The first-order valence-electron chi connectivity index (χ1n) is 4.62. The molecule has 68 valence electrons. The van der Waals surface area contributed by atoms with Gasteiger partial charge in [-0.15, -0.1) is 0 Å². The van der Waals surface area contributed by atoms with Crippen LogP contribution in [0.5, 0.6) is 0 Å². The van der Waals surface area contributed by atoms with E-state index in [-0.39, 0.29) is 5.91 Å². The molecule has 1 saturated carbocycles. The second-order valence-corrected chi connectivity index (χ2v) is 4.20. The molecule has 1 N–H and O–H groups in total. The molecule has 0 aromatic rings. The molecule has 0 unspecified atom stereocenters. The lowest BCUT2D eigenvalue weighted by Gasteiger charge is -2.52. The van der Waals surface area contributed by atoms with Gasteiger partial charge in [0.1, 0.15) is 0 Å². The fourth-order valence-electron chi connectivity index (χ4n) is 2.59. The summed E-state index contributed by atoms with van der Waals surface area (Å²) in [6, 6.07) is 0.485. The van der Waals surface area contributed by atoms with Crippen LogP contribution in [-0.4, -0.2) is 37.0 Å². The summed E-state index contributed by atoms with van der Waals surface area (Å²) in [5, 5.41) is 3.04. The maximum atomic E-state index is 10.8. The van der Waals surface area contributed by atoms with Gasteiger partial charge in [-0.1, -0.05) is 0 Å². The number of nitrogens with one attached hydrogen (secondary N) is 1. The number of carbonyl (C=O) groups excluding carboxylic acids is 1. The van der Waals surface area contributed by atoms with Crippen LogP contribution in [0, 0.1) is 11.8 Å². The van der Waals surface area contributed by atoms with Crippen LogP contribution in [0.3, 0.4) is 0 Å². The summed E-state index contributed by atoms with van der Waals surface area (Å²) in [7, 11) is 2.16. The van der Waals surface area contributed by atoms with Gasteiger partial charge in [-0.2, -0.15) is 0 Å². The molecule has 2 aliphatic heterocycles. The largest absolute Gasteiger partial charge is 0.353 e. The Bertz CT molecular complexity index is 193. The first-order valence-corrected chi connectivity index (χ1v) is 4.62. The average molecular weight is 168 g/mol. The minimum atomic E-state index is 0.124. The van der Waals surface area contributed by atoms with E-state index in [2.05, 4.69) is 17.3 Å². The highest BCUT2D eigenvalue weighted by atomic mass is 16.1. The number of piperidine rings is 2. The van der Waals surface area contributed by atoms with E-state index in [9.17, 15) is 4.79 Å². The molecule has 0 spiro atoms. The van der Waals surface area contributed by atoms with Crippen LogP contribution in [0.15, 0.2) is 0 Å². The van der Waals surface area contributed by atoms with Crippen LogP contribution >= 0.6 is 0 Å². The van der Waals surface area contributed by atoms with E-state index in [0.29, 0.717) is 6.04 Å². The molecular formula is C9H16N2O. The second kappa shape index (κ2) is 2.73. The molecule has 3 fully saturated rings. The lowest BCUT2D eigenvalue weighted by Crippen LogP contribution is -2.63. The van der Waals surface area contributed by atoms with Crippen molar-refractivity contribution in [1.29, 1.82) is 0 Å². The monoisotopic (exact) mass is 168 g/mol. The van der Waals surface area contributed by atoms with Crippen LogP contribution < -0.4 is 5.32 Å². The molecule has 2 saturated heterocycles. The Balaban J connectivity index is 1.91. The molecule has 0 aromatic heterocycles. The third-order valence-electron chi connectivity index (χ3n) is 3.08. The predicted octanol–water partition coefficient (Wildman–Crippen LogP) is 0.0726. The summed E-state index contributed by atoms with van der Waals surface area (Å²) in [4.78, 5) is 13.2. The topological polar surface area (TPSA) is 32.3 Å². The van der Waals surface area contributed by atoms with Crippen molar-refractivity contribution in [3.05, 3.63) is 0 Å². The number of hydrogen-bond acceptors (Lipinski definition) is 2. The number of carbonyl (C=O) groups is 1. The van der Waals surface area contributed by atoms with Crippen molar-refractivity contribution in [2.75, 3.05) is 20.1 Å². The molecule has 12 heavy (non-hydrogen) atoms. The number of hydrogen-bond donors (Lipinski definition) is 1. The quantitative estimate of drug-likeness (QED) is 0.601. The normalized spacial score (nSPS) is 40.3. The Morgan fingerprint density at radius 2 is 2.00 bits per heavy atom. The molecule has 3 aliphatic rings.